The SMILES string of the molecule is CCCOC1(C(=O)Nc2ccc(OC)c(Cl)c2)CCCCCC1. The van der Waals surface area contributed by atoms with E-state index in [1.165, 1.54) is 12.8 Å². The third kappa shape index (κ3) is 4.61. The predicted octanol–water partition coefficient (Wildman–Crippen LogP) is 4.81. The first-order chi connectivity index (χ1) is 11.1. The molecule has 0 radical (unpaired) electrons. The van der Waals surface area contributed by atoms with Gasteiger partial charge in [-0.15, -0.1) is 0 Å². The van der Waals surface area contributed by atoms with Gasteiger partial charge in [0.15, 0.2) is 0 Å². The van der Waals surface area contributed by atoms with Crippen LogP contribution < -0.4 is 10.1 Å². The van der Waals surface area contributed by atoms with E-state index in [4.69, 9.17) is 21.1 Å². The number of rotatable bonds is 6. The molecule has 23 heavy (non-hydrogen) atoms. The Labute approximate surface area is 143 Å². The minimum Gasteiger partial charge on any atom is -0.495 e. The van der Waals surface area contributed by atoms with Crippen molar-refractivity contribution in [2.75, 3.05) is 19.0 Å². The monoisotopic (exact) mass is 339 g/mol. The Hall–Kier alpha value is -1.26. The van der Waals surface area contributed by atoms with Gasteiger partial charge < -0.3 is 14.8 Å². The topological polar surface area (TPSA) is 47.6 Å². The van der Waals surface area contributed by atoms with Crippen molar-refractivity contribution < 1.29 is 14.3 Å². The summed E-state index contributed by atoms with van der Waals surface area (Å²) in [5, 5.41) is 3.46. The zero-order valence-corrected chi connectivity index (χ0v) is 14.7. The number of benzene rings is 1. The smallest absolute Gasteiger partial charge is 0.256 e. The van der Waals surface area contributed by atoms with Crippen LogP contribution in [0.5, 0.6) is 5.75 Å². The highest BCUT2D eigenvalue weighted by Crippen LogP contribution is 2.33. The first-order valence-electron chi connectivity index (χ1n) is 8.40. The standard InChI is InChI=1S/C18H26ClNO3/c1-3-12-23-18(10-6-4-5-7-11-18)17(21)20-14-8-9-16(22-2)15(19)13-14/h8-9,13H,3-7,10-12H2,1-2H3,(H,20,21). The Morgan fingerprint density at radius 3 is 2.52 bits per heavy atom. The Balaban J connectivity index is 2.14. The van der Waals surface area contributed by atoms with Gasteiger partial charge >= 0.3 is 0 Å². The van der Waals surface area contributed by atoms with E-state index in [9.17, 15) is 4.79 Å². The summed E-state index contributed by atoms with van der Waals surface area (Å²) < 4.78 is 11.2. The van der Waals surface area contributed by atoms with Gasteiger partial charge in [-0.1, -0.05) is 44.2 Å². The molecule has 1 aliphatic carbocycles. The number of anilines is 1. The third-order valence-electron chi connectivity index (χ3n) is 4.32. The maximum Gasteiger partial charge on any atom is 0.256 e. The second-order valence-corrected chi connectivity index (χ2v) is 6.47. The van der Waals surface area contributed by atoms with Crippen molar-refractivity contribution in [1.29, 1.82) is 0 Å². The minimum atomic E-state index is -0.709. The van der Waals surface area contributed by atoms with Crippen molar-refractivity contribution in [2.45, 2.75) is 57.5 Å². The van der Waals surface area contributed by atoms with Crippen LogP contribution in [0.2, 0.25) is 5.02 Å². The summed E-state index contributed by atoms with van der Waals surface area (Å²) in [6.45, 7) is 2.67. The Morgan fingerprint density at radius 2 is 1.96 bits per heavy atom. The first-order valence-corrected chi connectivity index (χ1v) is 8.78. The highest BCUT2D eigenvalue weighted by Gasteiger charge is 2.39. The van der Waals surface area contributed by atoms with E-state index >= 15 is 0 Å². The second-order valence-electron chi connectivity index (χ2n) is 6.06. The van der Waals surface area contributed by atoms with E-state index < -0.39 is 5.60 Å². The molecule has 4 nitrogen and oxygen atoms in total. The number of halogens is 1. The summed E-state index contributed by atoms with van der Waals surface area (Å²) in [5.74, 6) is 0.533. The van der Waals surface area contributed by atoms with Gasteiger partial charge in [0.05, 0.1) is 12.1 Å². The highest BCUT2D eigenvalue weighted by atomic mass is 35.5. The number of methoxy groups -OCH3 is 1. The molecular formula is C18H26ClNO3. The van der Waals surface area contributed by atoms with Crippen LogP contribution in [0.1, 0.15) is 51.9 Å². The van der Waals surface area contributed by atoms with Crippen LogP contribution in [-0.2, 0) is 9.53 Å². The fourth-order valence-electron chi connectivity index (χ4n) is 3.02. The van der Waals surface area contributed by atoms with E-state index in [-0.39, 0.29) is 5.91 Å². The molecule has 0 spiro atoms. The average Bonchev–Trinajstić information content (AvgIpc) is 2.80. The van der Waals surface area contributed by atoms with Crippen molar-refractivity contribution in [1.82, 2.24) is 0 Å². The molecule has 5 heteroatoms. The lowest BCUT2D eigenvalue weighted by molar-refractivity contribution is -0.143. The van der Waals surface area contributed by atoms with E-state index in [1.807, 2.05) is 0 Å². The summed E-state index contributed by atoms with van der Waals surface area (Å²) in [6.07, 6.45) is 6.85. The molecular weight excluding hydrogens is 314 g/mol. The molecule has 1 aromatic rings. The van der Waals surface area contributed by atoms with Gasteiger partial charge in [-0.3, -0.25) is 4.79 Å². The molecule has 0 saturated heterocycles. The molecule has 0 atom stereocenters. The number of hydrogen-bond donors (Lipinski definition) is 1. The lowest BCUT2D eigenvalue weighted by atomic mass is 9.92. The van der Waals surface area contributed by atoms with Crippen LogP contribution in [0.3, 0.4) is 0 Å². The number of ether oxygens (including phenoxy) is 2. The molecule has 2 rings (SSSR count). The van der Waals surface area contributed by atoms with Crippen LogP contribution in [0.25, 0.3) is 0 Å². The van der Waals surface area contributed by atoms with Crippen LogP contribution in [0, 0.1) is 0 Å². The Morgan fingerprint density at radius 1 is 1.26 bits per heavy atom. The van der Waals surface area contributed by atoms with Gasteiger partial charge in [-0.2, -0.15) is 0 Å². The van der Waals surface area contributed by atoms with Gasteiger partial charge in [0, 0.05) is 12.3 Å². The van der Waals surface area contributed by atoms with Gasteiger partial charge in [-0.05, 0) is 37.5 Å². The fraction of sp³-hybridized carbons (Fsp3) is 0.611. The van der Waals surface area contributed by atoms with E-state index in [2.05, 4.69) is 12.2 Å². The van der Waals surface area contributed by atoms with E-state index in [0.29, 0.717) is 23.1 Å². The fourth-order valence-corrected chi connectivity index (χ4v) is 3.28. The molecule has 0 heterocycles. The largest absolute Gasteiger partial charge is 0.495 e. The normalized spacial score (nSPS) is 17.3. The summed E-state index contributed by atoms with van der Waals surface area (Å²) in [4.78, 5) is 12.9. The van der Waals surface area contributed by atoms with Crippen LogP contribution in [-0.4, -0.2) is 25.2 Å². The molecule has 0 unspecified atom stereocenters. The zero-order valence-electron chi connectivity index (χ0n) is 14.0. The van der Waals surface area contributed by atoms with Gasteiger partial charge in [0.2, 0.25) is 0 Å². The molecule has 1 saturated carbocycles. The molecule has 0 aliphatic heterocycles. The highest BCUT2D eigenvalue weighted by molar-refractivity contribution is 6.32. The molecule has 1 amide bonds. The van der Waals surface area contributed by atoms with E-state index in [1.54, 1.807) is 25.3 Å². The third-order valence-corrected chi connectivity index (χ3v) is 4.61. The van der Waals surface area contributed by atoms with E-state index in [0.717, 1.165) is 32.1 Å². The maximum atomic E-state index is 12.9. The van der Waals surface area contributed by atoms with Gasteiger partial charge in [0.1, 0.15) is 11.4 Å². The van der Waals surface area contributed by atoms with Crippen LogP contribution >= 0.6 is 11.6 Å². The average molecular weight is 340 g/mol. The van der Waals surface area contributed by atoms with Crippen molar-refractivity contribution in [3.63, 3.8) is 0 Å². The number of hydrogen-bond acceptors (Lipinski definition) is 3. The van der Waals surface area contributed by atoms with Crippen molar-refractivity contribution in [3.05, 3.63) is 23.2 Å². The van der Waals surface area contributed by atoms with Crippen molar-refractivity contribution >= 4 is 23.2 Å². The van der Waals surface area contributed by atoms with Gasteiger partial charge in [-0.25, -0.2) is 0 Å². The summed E-state index contributed by atoms with van der Waals surface area (Å²) in [5.41, 5.74) is -0.0386. The van der Waals surface area contributed by atoms with Crippen molar-refractivity contribution in [3.8, 4) is 5.75 Å². The molecule has 1 fully saturated rings. The second kappa shape index (κ2) is 8.55. The summed E-state index contributed by atoms with van der Waals surface area (Å²) >= 11 is 6.14. The number of amides is 1. The molecule has 128 valence electrons. The van der Waals surface area contributed by atoms with Crippen LogP contribution in [0.15, 0.2) is 18.2 Å². The minimum absolute atomic E-state index is 0.0610. The quantitative estimate of drug-likeness (QED) is 0.757. The van der Waals surface area contributed by atoms with Crippen LogP contribution in [0.4, 0.5) is 5.69 Å². The number of carbonyl (C=O) groups excluding carboxylic acids is 1. The molecule has 1 aromatic carbocycles. The lowest BCUT2D eigenvalue weighted by Gasteiger charge is -2.31. The molecule has 1 N–H and O–H groups in total. The number of nitrogens with one attached hydrogen (secondary N) is 1. The molecule has 1 aliphatic rings. The lowest BCUT2D eigenvalue weighted by Crippen LogP contribution is -2.45. The molecule has 0 aromatic heterocycles. The maximum absolute atomic E-state index is 12.9. The Kier molecular flexibility index (Phi) is 6.72. The number of carbonyl (C=O) groups is 1. The molecule has 0 bridgehead atoms. The summed E-state index contributed by atoms with van der Waals surface area (Å²) in [7, 11) is 1.57. The Bertz CT molecular complexity index is 525. The first kappa shape index (κ1) is 18.1. The predicted molar refractivity (Wildman–Crippen MR) is 93.3 cm³/mol. The van der Waals surface area contributed by atoms with Crippen molar-refractivity contribution in [2.24, 2.45) is 0 Å². The van der Waals surface area contributed by atoms with Gasteiger partial charge in [0.25, 0.3) is 5.91 Å². The zero-order chi connectivity index (χ0) is 16.7. The summed E-state index contributed by atoms with van der Waals surface area (Å²) in [6, 6.07) is 5.26.